The fourth-order valence-corrected chi connectivity index (χ4v) is 1.26. The first-order valence-electron chi connectivity index (χ1n) is 4.62. The summed E-state index contributed by atoms with van der Waals surface area (Å²) >= 11 is 5.02. The molecular weight excluding hydrogens is 192 g/mol. The van der Waals surface area contributed by atoms with Crippen molar-refractivity contribution >= 4 is 23.3 Å². The van der Waals surface area contributed by atoms with Gasteiger partial charge in [-0.1, -0.05) is 36.4 Å². The molecule has 0 N–H and O–H groups in total. The standard InChI is InChI=1S/C12H14OS/c1-10(2)13-12(14)9-8-11-6-4-3-5-7-11/h3-10H,1-2H3/b9-8+. The minimum absolute atomic E-state index is 0.142. The highest BCUT2D eigenvalue weighted by Crippen LogP contribution is 2.02. The summed E-state index contributed by atoms with van der Waals surface area (Å²) < 4.78 is 5.32. The van der Waals surface area contributed by atoms with Crippen molar-refractivity contribution in [3.63, 3.8) is 0 Å². The monoisotopic (exact) mass is 206 g/mol. The molecule has 14 heavy (non-hydrogen) atoms. The van der Waals surface area contributed by atoms with Gasteiger partial charge in [0.25, 0.3) is 0 Å². The van der Waals surface area contributed by atoms with Crippen LogP contribution in [0.2, 0.25) is 0 Å². The summed E-state index contributed by atoms with van der Waals surface area (Å²) in [5.74, 6) is 0. The molecule has 1 aromatic rings. The van der Waals surface area contributed by atoms with Crippen LogP contribution in [0, 0.1) is 0 Å². The van der Waals surface area contributed by atoms with E-state index in [-0.39, 0.29) is 6.10 Å². The summed E-state index contributed by atoms with van der Waals surface area (Å²) in [4.78, 5) is 0. The highest BCUT2D eigenvalue weighted by Gasteiger charge is 1.95. The molecular formula is C12H14OS. The first-order valence-corrected chi connectivity index (χ1v) is 5.03. The van der Waals surface area contributed by atoms with Crippen LogP contribution >= 0.6 is 12.2 Å². The largest absolute Gasteiger partial charge is 0.481 e. The predicted molar refractivity (Wildman–Crippen MR) is 64.3 cm³/mol. The molecule has 0 saturated carbocycles. The average Bonchev–Trinajstić information content (AvgIpc) is 2.15. The second-order valence-electron chi connectivity index (χ2n) is 3.23. The molecule has 0 unspecified atom stereocenters. The Balaban J connectivity index is 2.52. The lowest BCUT2D eigenvalue weighted by atomic mass is 10.2. The second-order valence-corrected chi connectivity index (χ2v) is 3.63. The molecule has 0 fully saturated rings. The second kappa shape index (κ2) is 5.55. The Hall–Kier alpha value is -1.15. The van der Waals surface area contributed by atoms with Gasteiger partial charge in [0.1, 0.15) is 0 Å². The lowest BCUT2D eigenvalue weighted by Crippen LogP contribution is -2.06. The van der Waals surface area contributed by atoms with Gasteiger partial charge in [0, 0.05) is 0 Å². The Morgan fingerprint density at radius 2 is 1.93 bits per heavy atom. The fourth-order valence-electron chi connectivity index (χ4n) is 1.00. The molecule has 0 saturated heterocycles. The van der Waals surface area contributed by atoms with Crippen molar-refractivity contribution in [1.29, 1.82) is 0 Å². The van der Waals surface area contributed by atoms with Gasteiger partial charge in [0.15, 0.2) is 5.05 Å². The molecule has 0 bridgehead atoms. The Morgan fingerprint density at radius 3 is 2.50 bits per heavy atom. The van der Waals surface area contributed by atoms with Crippen molar-refractivity contribution in [3.8, 4) is 0 Å². The maximum atomic E-state index is 5.32. The summed E-state index contributed by atoms with van der Waals surface area (Å²) in [6, 6.07) is 10.0. The fraction of sp³-hybridized carbons (Fsp3) is 0.250. The van der Waals surface area contributed by atoms with Crippen molar-refractivity contribution < 1.29 is 4.74 Å². The van der Waals surface area contributed by atoms with E-state index in [4.69, 9.17) is 17.0 Å². The van der Waals surface area contributed by atoms with Crippen LogP contribution in [0.1, 0.15) is 19.4 Å². The molecule has 0 atom stereocenters. The van der Waals surface area contributed by atoms with Gasteiger partial charge >= 0.3 is 0 Å². The van der Waals surface area contributed by atoms with Gasteiger partial charge in [-0.2, -0.15) is 0 Å². The molecule has 1 nitrogen and oxygen atoms in total. The van der Waals surface area contributed by atoms with E-state index in [9.17, 15) is 0 Å². The number of hydrogen-bond acceptors (Lipinski definition) is 2. The first kappa shape index (κ1) is 10.9. The zero-order valence-corrected chi connectivity index (χ0v) is 9.25. The summed E-state index contributed by atoms with van der Waals surface area (Å²) in [5, 5.41) is 0.531. The topological polar surface area (TPSA) is 9.23 Å². The van der Waals surface area contributed by atoms with E-state index in [1.807, 2.05) is 56.3 Å². The van der Waals surface area contributed by atoms with Crippen LogP contribution in [-0.2, 0) is 4.74 Å². The molecule has 2 heteroatoms. The Bertz CT molecular complexity index is 314. The first-order chi connectivity index (χ1) is 6.68. The Morgan fingerprint density at radius 1 is 1.29 bits per heavy atom. The molecule has 0 aliphatic rings. The van der Waals surface area contributed by atoms with Crippen molar-refractivity contribution in [1.82, 2.24) is 0 Å². The van der Waals surface area contributed by atoms with Gasteiger partial charge < -0.3 is 4.74 Å². The molecule has 0 aliphatic carbocycles. The molecule has 0 heterocycles. The molecule has 0 amide bonds. The zero-order valence-electron chi connectivity index (χ0n) is 8.44. The van der Waals surface area contributed by atoms with Crippen LogP contribution in [0.3, 0.4) is 0 Å². The zero-order chi connectivity index (χ0) is 10.4. The van der Waals surface area contributed by atoms with Gasteiger partial charge in [-0.25, -0.2) is 0 Å². The summed E-state index contributed by atoms with van der Waals surface area (Å²) in [6.07, 6.45) is 3.90. The number of hydrogen-bond donors (Lipinski definition) is 0. The third-order valence-corrected chi connectivity index (χ3v) is 1.80. The quantitative estimate of drug-likeness (QED) is 0.553. The third kappa shape index (κ3) is 4.19. The van der Waals surface area contributed by atoms with Crippen LogP contribution < -0.4 is 0 Å². The van der Waals surface area contributed by atoms with Crippen LogP contribution in [0.15, 0.2) is 36.4 Å². The summed E-state index contributed by atoms with van der Waals surface area (Å²) in [5.41, 5.74) is 1.13. The summed E-state index contributed by atoms with van der Waals surface area (Å²) in [7, 11) is 0. The van der Waals surface area contributed by atoms with E-state index >= 15 is 0 Å². The number of rotatable bonds is 3. The molecule has 1 rings (SSSR count). The molecule has 1 aromatic carbocycles. The lowest BCUT2D eigenvalue weighted by Gasteiger charge is -2.06. The maximum Gasteiger partial charge on any atom is 0.183 e. The van der Waals surface area contributed by atoms with Crippen LogP contribution in [-0.4, -0.2) is 11.2 Å². The van der Waals surface area contributed by atoms with Crippen molar-refractivity contribution in [2.24, 2.45) is 0 Å². The van der Waals surface area contributed by atoms with Gasteiger partial charge in [0.05, 0.1) is 6.10 Å². The molecule has 0 aliphatic heterocycles. The minimum atomic E-state index is 0.142. The van der Waals surface area contributed by atoms with Gasteiger partial charge in [-0.15, -0.1) is 0 Å². The van der Waals surface area contributed by atoms with Crippen molar-refractivity contribution in [2.75, 3.05) is 0 Å². The molecule has 0 spiro atoms. The van der Waals surface area contributed by atoms with Gasteiger partial charge in [0.2, 0.25) is 0 Å². The predicted octanol–water partition coefficient (Wildman–Crippen LogP) is 3.45. The van der Waals surface area contributed by atoms with Gasteiger partial charge in [-0.3, -0.25) is 0 Å². The number of thiocarbonyl (C=S) groups is 1. The average molecular weight is 206 g/mol. The van der Waals surface area contributed by atoms with E-state index in [0.717, 1.165) is 5.56 Å². The smallest absolute Gasteiger partial charge is 0.183 e. The van der Waals surface area contributed by atoms with Gasteiger partial charge in [-0.05, 0) is 37.7 Å². The van der Waals surface area contributed by atoms with E-state index < -0.39 is 0 Å². The van der Waals surface area contributed by atoms with E-state index in [2.05, 4.69) is 0 Å². The van der Waals surface area contributed by atoms with Crippen molar-refractivity contribution in [3.05, 3.63) is 42.0 Å². The third-order valence-electron chi connectivity index (χ3n) is 1.56. The Labute approximate surface area is 90.4 Å². The van der Waals surface area contributed by atoms with Crippen LogP contribution in [0.4, 0.5) is 0 Å². The van der Waals surface area contributed by atoms with Crippen molar-refractivity contribution in [2.45, 2.75) is 20.0 Å². The van der Waals surface area contributed by atoms with Crippen LogP contribution in [0.5, 0.6) is 0 Å². The summed E-state index contributed by atoms with van der Waals surface area (Å²) in [6.45, 7) is 3.92. The normalized spacial score (nSPS) is 10.8. The number of ether oxygens (including phenoxy) is 1. The van der Waals surface area contributed by atoms with Crippen LogP contribution in [0.25, 0.3) is 6.08 Å². The SMILES string of the molecule is CC(C)OC(=S)/C=C/c1ccccc1. The molecule has 74 valence electrons. The minimum Gasteiger partial charge on any atom is -0.481 e. The molecule has 0 aromatic heterocycles. The lowest BCUT2D eigenvalue weighted by molar-refractivity contribution is 0.237. The van der Waals surface area contributed by atoms with E-state index in [1.165, 1.54) is 0 Å². The Kier molecular flexibility index (Phi) is 4.33. The highest BCUT2D eigenvalue weighted by atomic mass is 32.1. The number of benzene rings is 1. The molecule has 0 radical (unpaired) electrons. The maximum absolute atomic E-state index is 5.32. The van der Waals surface area contributed by atoms with E-state index in [1.54, 1.807) is 0 Å². The van der Waals surface area contributed by atoms with E-state index in [0.29, 0.717) is 5.05 Å². The highest BCUT2D eigenvalue weighted by molar-refractivity contribution is 7.80.